The molecule has 0 amide bonds. The number of thioether (sulfide) groups is 1. The molecule has 2 aromatic rings. The molecule has 0 saturated carbocycles. The molecule has 118 valence electrons. The predicted octanol–water partition coefficient (Wildman–Crippen LogP) is 1.71. The molecule has 0 spiro atoms. The summed E-state index contributed by atoms with van der Waals surface area (Å²) in [6.45, 7) is 0.738. The highest BCUT2D eigenvalue weighted by atomic mass is 32.2. The third-order valence-corrected chi connectivity index (χ3v) is 4.20. The maximum absolute atomic E-state index is 11.8. The smallest absolute Gasteiger partial charge is 0.281 e. The van der Waals surface area contributed by atoms with Crippen LogP contribution in [-0.4, -0.2) is 45.8 Å². The average molecular weight is 358 g/mol. The summed E-state index contributed by atoms with van der Waals surface area (Å²) in [5.41, 5.74) is 5.22. The van der Waals surface area contributed by atoms with Crippen molar-refractivity contribution in [2.75, 3.05) is 36.2 Å². The number of nitrogen functional groups attached to an aromatic ring is 1. The second kappa shape index (κ2) is 7.56. The maximum Gasteiger partial charge on any atom is 0.281 e. The Morgan fingerprint density at radius 2 is 2.23 bits per heavy atom. The Hall–Kier alpha value is -1.66. The number of aromatic amines is 1. The lowest BCUT2D eigenvalue weighted by molar-refractivity contribution is 0.929. The lowest BCUT2D eigenvalue weighted by atomic mass is 10.5. The Morgan fingerprint density at radius 3 is 2.86 bits per heavy atom. The number of H-pyrrole nitrogens is 1. The van der Waals surface area contributed by atoms with Crippen LogP contribution in [0.5, 0.6) is 0 Å². The molecule has 22 heavy (non-hydrogen) atoms. The lowest BCUT2D eigenvalue weighted by Gasteiger charge is -2.11. The molecule has 12 heteroatoms. The number of hydrogen-bond acceptors (Lipinski definition) is 11. The normalized spacial score (nSPS) is 11.2. The highest BCUT2D eigenvalue weighted by Crippen LogP contribution is 2.27. The first-order valence-corrected chi connectivity index (χ1v) is 8.73. The Kier molecular flexibility index (Phi) is 5.74. The van der Waals surface area contributed by atoms with Crippen LogP contribution in [0.25, 0.3) is 0 Å². The van der Waals surface area contributed by atoms with E-state index in [9.17, 15) is 4.79 Å². The summed E-state index contributed by atoms with van der Waals surface area (Å²) >= 11 is 6.69. The van der Waals surface area contributed by atoms with Crippen LogP contribution < -0.4 is 16.2 Å². The molecule has 3 N–H and O–H groups in total. The number of nitrogens with one attached hydrogen (secondary N) is 1. The minimum atomic E-state index is -0.447. The van der Waals surface area contributed by atoms with Crippen molar-refractivity contribution in [2.24, 2.45) is 10.2 Å². The zero-order valence-electron chi connectivity index (χ0n) is 11.8. The summed E-state index contributed by atoms with van der Waals surface area (Å²) in [6.07, 6.45) is 1.78. The zero-order valence-corrected chi connectivity index (χ0v) is 14.4. The predicted molar refractivity (Wildman–Crippen MR) is 92.3 cm³/mol. The second-order valence-corrected chi connectivity index (χ2v) is 6.20. The summed E-state index contributed by atoms with van der Waals surface area (Å²) < 4.78 is 0. The van der Waals surface area contributed by atoms with Crippen molar-refractivity contribution in [1.82, 2.24) is 20.2 Å². The van der Waals surface area contributed by atoms with Gasteiger partial charge in [0, 0.05) is 19.3 Å². The fourth-order valence-corrected chi connectivity index (χ4v) is 2.74. The number of nitrogens with zero attached hydrogens (tertiary/aromatic N) is 6. The van der Waals surface area contributed by atoms with E-state index in [0.29, 0.717) is 21.2 Å². The van der Waals surface area contributed by atoms with E-state index in [4.69, 9.17) is 5.73 Å². The molecule has 0 unspecified atom stereocenters. The van der Waals surface area contributed by atoms with Gasteiger partial charge in [-0.25, -0.2) is 4.98 Å². The van der Waals surface area contributed by atoms with Crippen molar-refractivity contribution in [3.8, 4) is 0 Å². The van der Waals surface area contributed by atoms with E-state index < -0.39 is 5.56 Å². The summed E-state index contributed by atoms with van der Waals surface area (Å²) in [6, 6.07) is 0. The van der Waals surface area contributed by atoms with E-state index >= 15 is 0 Å². The van der Waals surface area contributed by atoms with Gasteiger partial charge in [-0.05, 0) is 6.26 Å². The van der Waals surface area contributed by atoms with Crippen LogP contribution in [0.4, 0.5) is 21.8 Å². The van der Waals surface area contributed by atoms with Gasteiger partial charge >= 0.3 is 0 Å². The van der Waals surface area contributed by atoms with Gasteiger partial charge < -0.3 is 10.6 Å². The number of anilines is 2. The van der Waals surface area contributed by atoms with Crippen molar-refractivity contribution in [2.45, 2.75) is 5.16 Å². The Balaban J connectivity index is 2.21. The average Bonchev–Trinajstić information content (AvgIpc) is 2.95. The van der Waals surface area contributed by atoms with Crippen molar-refractivity contribution in [1.29, 1.82) is 0 Å². The van der Waals surface area contributed by atoms with E-state index in [-0.39, 0.29) is 11.5 Å². The van der Waals surface area contributed by atoms with E-state index in [1.807, 2.05) is 11.9 Å². The van der Waals surface area contributed by atoms with Gasteiger partial charge in [-0.1, -0.05) is 23.1 Å². The van der Waals surface area contributed by atoms with E-state index in [1.165, 1.54) is 23.1 Å². The zero-order chi connectivity index (χ0) is 16.1. The first-order valence-electron chi connectivity index (χ1n) is 6.06. The van der Waals surface area contributed by atoms with Crippen LogP contribution in [-0.2, 0) is 0 Å². The van der Waals surface area contributed by atoms with Gasteiger partial charge in [-0.2, -0.15) is 12.6 Å². The summed E-state index contributed by atoms with van der Waals surface area (Å²) in [4.78, 5) is 20.3. The quantitative estimate of drug-likeness (QED) is 0.310. The fraction of sp³-hybridized carbons (Fsp3) is 0.400. The Labute approximate surface area is 139 Å². The van der Waals surface area contributed by atoms with E-state index in [2.05, 4.69) is 43.0 Å². The highest BCUT2D eigenvalue weighted by Gasteiger charge is 2.10. The molecule has 0 atom stereocenters. The van der Waals surface area contributed by atoms with E-state index in [1.54, 1.807) is 6.26 Å². The number of nitrogens with two attached hydrogens (primary N) is 1. The fourth-order valence-electron chi connectivity index (χ4n) is 1.40. The molecule has 0 fully saturated rings. The molecule has 0 bridgehead atoms. The van der Waals surface area contributed by atoms with E-state index in [0.717, 1.165) is 6.54 Å². The molecule has 0 aliphatic heterocycles. The van der Waals surface area contributed by atoms with Crippen molar-refractivity contribution >= 4 is 57.5 Å². The molecule has 2 heterocycles. The standard InChI is InChI=1S/C10H14N8OS3/c1-18(3-4-20)10-17-16-9(22-10)15-14-5-6(11)12-8(21-2)13-7(5)19/h20H,3-4H2,1-2H3,(H3,11,12,13,19). The van der Waals surface area contributed by atoms with Gasteiger partial charge in [0.15, 0.2) is 16.7 Å². The van der Waals surface area contributed by atoms with Gasteiger partial charge in [-0.3, -0.25) is 9.78 Å². The highest BCUT2D eigenvalue weighted by molar-refractivity contribution is 7.98. The molecule has 9 nitrogen and oxygen atoms in total. The molecule has 2 aromatic heterocycles. The first kappa shape index (κ1) is 16.7. The van der Waals surface area contributed by atoms with Crippen molar-refractivity contribution < 1.29 is 0 Å². The van der Waals surface area contributed by atoms with Crippen LogP contribution in [0.15, 0.2) is 20.2 Å². The van der Waals surface area contributed by atoms with Gasteiger partial charge in [0.1, 0.15) is 0 Å². The van der Waals surface area contributed by atoms with Crippen molar-refractivity contribution in [3.05, 3.63) is 10.4 Å². The minimum Gasteiger partial charge on any atom is -0.382 e. The number of hydrogen-bond donors (Lipinski definition) is 3. The van der Waals surface area contributed by atoms with Crippen LogP contribution in [0, 0.1) is 0 Å². The third kappa shape index (κ3) is 3.96. The number of aromatic nitrogens is 4. The van der Waals surface area contributed by atoms with Gasteiger partial charge in [0.25, 0.3) is 10.7 Å². The van der Waals surface area contributed by atoms with Crippen LogP contribution in [0.3, 0.4) is 0 Å². The Morgan fingerprint density at radius 1 is 1.45 bits per heavy atom. The molecule has 0 aliphatic carbocycles. The van der Waals surface area contributed by atoms with Crippen molar-refractivity contribution in [3.63, 3.8) is 0 Å². The molecule has 0 radical (unpaired) electrons. The monoisotopic (exact) mass is 358 g/mol. The van der Waals surface area contributed by atoms with Crippen LogP contribution >= 0.6 is 35.7 Å². The number of thiol groups is 1. The second-order valence-electron chi connectivity index (χ2n) is 4.02. The summed E-state index contributed by atoms with van der Waals surface area (Å²) in [5, 5.41) is 17.1. The first-order chi connectivity index (χ1) is 10.5. The van der Waals surface area contributed by atoms with Gasteiger partial charge in [0.05, 0.1) is 0 Å². The summed E-state index contributed by atoms with van der Waals surface area (Å²) in [7, 11) is 1.88. The SMILES string of the molecule is CSc1nc(N)c(N=Nc2nnc(N(C)CCS)s2)c(=O)[nH]1. The number of rotatable bonds is 6. The number of azo groups is 1. The molecule has 0 aromatic carbocycles. The van der Waals surface area contributed by atoms with Crippen LogP contribution in [0.1, 0.15) is 0 Å². The van der Waals surface area contributed by atoms with Crippen LogP contribution in [0.2, 0.25) is 0 Å². The largest absolute Gasteiger partial charge is 0.382 e. The minimum absolute atomic E-state index is 0.0220. The van der Waals surface area contributed by atoms with Gasteiger partial charge in [-0.15, -0.1) is 20.4 Å². The lowest BCUT2D eigenvalue weighted by Crippen LogP contribution is -2.19. The molecular weight excluding hydrogens is 344 g/mol. The molecule has 0 aliphatic rings. The Bertz CT molecular complexity index is 727. The molecule has 2 rings (SSSR count). The third-order valence-electron chi connectivity index (χ3n) is 2.49. The van der Waals surface area contributed by atoms with Gasteiger partial charge in [0.2, 0.25) is 5.13 Å². The topological polar surface area (TPSA) is 126 Å². The molecular formula is C10H14N8OS3. The maximum atomic E-state index is 11.8. The molecule has 0 saturated heterocycles. The summed E-state index contributed by atoms with van der Waals surface area (Å²) in [5.74, 6) is 0.723.